The summed E-state index contributed by atoms with van der Waals surface area (Å²) in [6.45, 7) is 2.01. The molecule has 4 heteroatoms. The first-order valence-electron chi connectivity index (χ1n) is 5.00. The molecule has 0 bridgehead atoms. The van der Waals surface area contributed by atoms with Crippen LogP contribution >= 0.6 is 11.3 Å². The molecule has 2 aromatic heterocycles. The van der Waals surface area contributed by atoms with E-state index in [1.807, 2.05) is 18.4 Å². The van der Waals surface area contributed by atoms with Crippen LogP contribution in [-0.4, -0.2) is 15.8 Å². The molecule has 0 atom stereocenters. The van der Waals surface area contributed by atoms with Gasteiger partial charge in [-0.2, -0.15) is 0 Å². The van der Waals surface area contributed by atoms with Crippen LogP contribution in [0.4, 0.5) is 0 Å². The lowest BCUT2D eigenvalue weighted by Crippen LogP contribution is -2.04. The lowest BCUT2D eigenvalue weighted by atomic mass is 10.1. The number of rotatable bonds is 4. The summed E-state index contributed by atoms with van der Waals surface area (Å²) < 4.78 is 0. The second kappa shape index (κ2) is 4.49. The third-order valence-corrected chi connectivity index (χ3v) is 3.06. The molecule has 0 radical (unpaired) electrons. The van der Waals surface area contributed by atoms with Crippen molar-refractivity contribution >= 4 is 27.3 Å². The summed E-state index contributed by atoms with van der Waals surface area (Å²) in [4.78, 5) is 20.8. The zero-order valence-electron chi connectivity index (χ0n) is 8.56. The van der Waals surface area contributed by atoms with Crippen molar-refractivity contribution in [2.24, 2.45) is 0 Å². The van der Waals surface area contributed by atoms with Gasteiger partial charge in [-0.15, -0.1) is 11.3 Å². The highest BCUT2D eigenvalue weighted by Gasteiger charge is 2.08. The molecular formula is C11H12N2OS. The first kappa shape index (κ1) is 10.2. The van der Waals surface area contributed by atoms with E-state index >= 15 is 0 Å². The summed E-state index contributed by atoms with van der Waals surface area (Å²) in [6, 6.07) is 1.98. The van der Waals surface area contributed by atoms with Crippen molar-refractivity contribution in [2.75, 3.05) is 0 Å². The van der Waals surface area contributed by atoms with Crippen LogP contribution in [0.2, 0.25) is 0 Å². The van der Waals surface area contributed by atoms with Crippen LogP contribution < -0.4 is 0 Å². The third kappa shape index (κ3) is 2.21. The molecule has 0 aliphatic rings. The number of carbonyl (C=O) groups is 1. The number of nitrogens with zero attached hydrogens (tertiary/aromatic N) is 2. The molecule has 2 aromatic rings. The largest absolute Gasteiger partial charge is 0.299 e. The zero-order valence-corrected chi connectivity index (χ0v) is 9.38. The molecule has 0 saturated heterocycles. The van der Waals surface area contributed by atoms with Crippen LogP contribution in [0.25, 0.3) is 10.2 Å². The van der Waals surface area contributed by atoms with Gasteiger partial charge in [0, 0.05) is 18.2 Å². The average molecular weight is 220 g/mol. The topological polar surface area (TPSA) is 42.9 Å². The minimum Gasteiger partial charge on any atom is -0.299 e. The van der Waals surface area contributed by atoms with Crippen LogP contribution in [-0.2, 0) is 11.2 Å². The lowest BCUT2D eigenvalue weighted by Gasteiger charge is -2.00. The van der Waals surface area contributed by atoms with Crippen LogP contribution in [0.1, 0.15) is 25.5 Å². The van der Waals surface area contributed by atoms with Crippen LogP contribution in [0.15, 0.2) is 17.8 Å². The standard InChI is InChI=1S/C11H12N2OS/c1-2-3-8(14)6-10-9-4-5-15-11(9)13-7-12-10/h4-5,7H,2-3,6H2,1H3. The average Bonchev–Trinajstić information content (AvgIpc) is 2.67. The van der Waals surface area contributed by atoms with Crippen molar-refractivity contribution in [3.63, 3.8) is 0 Å². The van der Waals surface area contributed by atoms with Crippen molar-refractivity contribution in [3.05, 3.63) is 23.5 Å². The second-order valence-corrected chi connectivity index (χ2v) is 4.32. The van der Waals surface area contributed by atoms with E-state index in [9.17, 15) is 4.79 Å². The highest BCUT2D eigenvalue weighted by atomic mass is 32.1. The normalized spacial score (nSPS) is 10.7. The number of hydrogen-bond acceptors (Lipinski definition) is 4. The number of hydrogen-bond donors (Lipinski definition) is 0. The van der Waals surface area contributed by atoms with E-state index < -0.39 is 0 Å². The van der Waals surface area contributed by atoms with Crippen LogP contribution in [0.3, 0.4) is 0 Å². The smallest absolute Gasteiger partial charge is 0.138 e. The number of fused-ring (bicyclic) bond motifs is 1. The summed E-state index contributed by atoms with van der Waals surface area (Å²) in [5.41, 5.74) is 0.861. The molecule has 2 heterocycles. The molecule has 0 aliphatic heterocycles. The van der Waals surface area contributed by atoms with Gasteiger partial charge in [0.25, 0.3) is 0 Å². The van der Waals surface area contributed by atoms with Gasteiger partial charge in [-0.25, -0.2) is 9.97 Å². The molecule has 0 saturated carbocycles. The Bertz CT molecular complexity index is 478. The molecule has 0 aromatic carbocycles. The lowest BCUT2D eigenvalue weighted by molar-refractivity contribution is -0.118. The maximum absolute atomic E-state index is 11.5. The van der Waals surface area contributed by atoms with E-state index in [0.717, 1.165) is 22.3 Å². The summed E-state index contributed by atoms with van der Waals surface area (Å²) in [7, 11) is 0. The number of thiophene rings is 1. The molecular weight excluding hydrogens is 208 g/mol. The Morgan fingerprint density at radius 2 is 2.33 bits per heavy atom. The fourth-order valence-electron chi connectivity index (χ4n) is 1.54. The van der Waals surface area contributed by atoms with Gasteiger partial charge in [-0.3, -0.25) is 4.79 Å². The molecule has 78 valence electrons. The maximum Gasteiger partial charge on any atom is 0.138 e. The molecule has 0 unspecified atom stereocenters. The van der Waals surface area contributed by atoms with Gasteiger partial charge in [-0.1, -0.05) is 6.92 Å². The Balaban J connectivity index is 2.27. The minimum atomic E-state index is 0.253. The Hall–Kier alpha value is -1.29. The van der Waals surface area contributed by atoms with Gasteiger partial charge in [-0.05, 0) is 17.9 Å². The predicted octanol–water partition coefficient (Wildman–Crippen LogP) is 2.60. The van der Waals surface area contributed by atoms with E-state index in [0.29, 0.717) is 12.8 Å². The zero-order chi connectivity index (χ0) is 10.7. The van der Waals surface area contributed by atoms with Crippen molar-refractivity contribution in [2.45, 2.75) is 26.2 Å². The molecule has 0 amide bonds. The molecule has 15 heavy (non-hydrogen) atoms. The summed E-state index contributed by atoms with van der Waals surface area (Å²) in [5.74, 6) is 0.253. The number of aromatic nitrogens is 2. The number of ketones is 1. The Kier molecular flexibility index (Phi) is 3.06. The summed E-state index contributed by atoms with van der Waals surface area (Å²) in [5, 5.41) is 3.00. The van der Waals surface area contributed by atoms with E-state index in [2.05, 4.69) is 9.97 Å². The Labute approximate surface area is 92.2 Å². The fourth-order valence-corrected chi connectivity index (χ4v) is 2.29. The van der Waals surface area contributed by atoms with Gasteiger partial charge in [0.2, 0.25) is 0 Å². The molecule has 0 fully saturated rings. The van der Waals surface area contributed by atoms with Crippen molar-refractivity contribution in [1.29, 1.82) is 0 Å². The summed E-state index contributed by atoms with van der Waals surface area (Å²) >= 11 is 1.58. The minimum absolute atomic E-state index is 0.253. The van der Waals surface area contributed by atoms with Gasteiger partial charge in [0.05, 0.1) is 5.69 Å². The first-order chi connectivity index (χ1) is 7.31. The maximum atomic E-state index is 11.5. The van der Waals surface area contributed by atoms with Crippen LogP contribution in [0, 0.1) is 0 Å². The van der Waals surface area contributed by atoms with E-state index in [1.54, 1.807) is 11.3 Å². The molecule has 0 N–H and O–H groups in total. The van der Waals surface area contributed by atoms with E-state index in [1.165, 1.54) is 6.33 Å². The summed E-state index contributed by atoms with van der Waals surface area (Å²) in [6.07, 6.45) is 3.50. The van der Waals surface area contributed by atoms with Crippen LogP contribution in [0.5, 0.6) is 0 Å². The van der Waals surface area contributed by atoms with Crippen molar-refractivity contribution in [3.8, 4) is 0 Å². The number of Topliss-reactive ketones (excluding diaryl/α,β-unsaturated/α-hetero) is 1. The quantitative estimate of drug-likeness (QED) is 0.795. The number of carbonyl (C=O) groups excluding carboxylic acids is 1. The van der Waals surface area contributed by atoms with Gasteiger partial charge < -0.3 is 0 Å². The van der Waals surface area contributed by atoms with Gasteiger partial charge in [0.1, 0.15) is 16.9 Å². The highest BCUT2D eigenvalue weighted by molar-refractivity contribution is 7.16. The van der Waals surface area contributed by atoms with Crippen molar-refractivity contribution < 1.29 is 4.79 Å². The fraction of sp³-hybridized carbons (Fsp3) is 0.364. The van der Waals surface area contributed by atoms with E-state index in [-0.39, 0.29) is 5.78 Å². The first-order valence-corrected chi connectivity index (χ1v) is 5.88. The Morgan fingerprint density at radius 1 is 1.47 bits per heavy atom. The monoisotopic (exact) mass is 220 g/mol. The van der Waals surface area contributed by atoms with Gasteiger partial charge >= 0.3 is 0 Å². The van der Waals surface area contributed by atoms with Gasteiger partial charge in [0.15, 0.2) is 0 Å². The predicted molar refractivity (Wildman–Crippen MR) is 61.0 cm³/mol. The molecule has 0 aliphatic carbocycles. The van der Waals surface area contributed by atoms with E-state index in [4.69, 9.17) is 0 Å². The molecule has 2 rings (SSSR count). The molecule has 3 nitrogen and oxygen atoms in total. The molecule has 0 spiro atoms. The second-order valence-electron chi connectivity index (χ2n) is 3.43. The van der Waals surface area contributed by atoms with Crippen molar-refractivity contribution in [1.82, 2.24) is 9.97 Å². The third-order valence-electron chi connectivity index (χ3n) is 2.24. The SMILES string of the molecule is CCCC(=O)Cc1ncnc2sccc12. The highest BCUT2D eigenvalue weighted by Crippen LogP contribution is 2.20. The Morgan fingerprint density at radius 3 is 3.13 bits per heavy atom.